The van der Waals surface area contributed by atoms with Crippen LogP contribution in [-0.4, -0.2) is 6.85 Å². The lowest BCUT2D eigenvalue weighted by molar-refractivity contribution is 1.26. The molecule has 0 aliphatic carbocycles. The van der Waals surface area contributed by atoms with E-state index in [0.717, 1.165) is 34.1 Å². The predicted octanol–water partition coefficient (Wildman–Crippen LogP) is 16.0. The number of hydrogen-bond acceptors (Lipinski definition) is 3. The second-order valence-corrected chi connectivity index (χ2v) is 17.7. The zero-order valence-electron chi connectivity index (χ0n) is 37.3. The highest BCUT2D eigenvalue weighted by Gasteiger charge is 2.46. The largest absolute Gasteiger partial charge is 0.376 e. The van der Waals surface area contributed by atoms with E-state index in [9.17, 15) is 0 Å². The molecule has 2 aliphatic heterocycles. The lowest BCUT2D eigenvalue weighted by atomic mass is 9.43. The van der Waals surface area contributed by atoms with Gasteiger partial charge in [0.2, 0.25) is 0 Å². The summed E-state index contributed by atoms with van der Waals surface area (Å²) in [6.45, 7) is -0.164. The van der Waals surface area contributed by atoms with Gasteiger partial charge in [-0.1, -0.05) is 188 Å². The van der Waals surface area contributed by atoms with Crippen LogP contribution in [0.4, 0.5) is 45.5 Å². The van der Waals surface area contributed by atoms with Crippen LogP contribution >= 0.6 is 0 Å². The fourth-order valence-electron chi connectivity index (χ4n) is 10.7. The van der Waals surface area contributed by atoms with Crippen molar-refractivity contribution in [3.05, 3.63) is 267 Å². The molecule has 68 heavy (non-hydrogen) atoms. The summed E-state index contributed by atoms with van der Waals surface area (Å²) in [6, 6.07) is 97.6. The fourth-order valence-corrected chi connectivity index (χ4v) is 10.7. The number of para-hydroxylation sites is 2. The number of nitrogens with zero attached hydrogens (tertiary/aromatic N) is 3. The minimum Gasteiger partial charge on any atom is -0.376 e. The van der Waals surface area contributed by atoms with Gasteiger partial charge in [0.25, 0.3) is 0 Å². The van der Waals surface area contributed by atoms with Crippen LogP contribution in [0.3, 0.4) is 0 Å². The standard InChI is InChI=1S/C64H44BN3/c1-6-18-45(19-7-1)48-30-35-54(36-31-48)67-62-40-34-50(47-22-10-3-11-23-47)43-60(62)65-63-59(42-51-24-16-17-29-57(51)64(63)67)58-44-56(66(52-25-12-4-13-26-52)53-27-14-5-15-28-53)39-41-61(58)68(65)55-37-32-49(33-38-55)46-20-8-2-9-21-46/h1-44H. The van der Waals surface area contributed by atoms with Crippen LogP contribution in [0.2, 0.25) is 0 Å². The lowest BCUT2D eigenvalue weighted by Crippen LogP contribution is -2.61. The minimum absolute atomic E-state index is 0.164. The van der Waals surface area contributed by atoms with Crippen LogP contribution in [0, 0.1) is 0 Å². The molecule has 0 radical (unpaired) electrons. The van der Waals surface area contributed by atoms with E-state index in [2.05, 4.69) is 282 Å². The van der Waals surface area contributed by atoms with E-state index in [4.69, 9.17) is 0 Å². The summed E-state index contributed by atoms with van der Waals surface area (Å²) in [4.78, 5) is 7.54. The van der Waals surface area contributed by atoms with Crippen LogP contribution in [-0.2, 0) is 0 Å². The maximum atomic E-state index is 2.62. The van der Waals surface area contributed by atoms with E-state index in [0.29, 0.717) is 0 Å². The first-order valence-corrected chi connectivity index (χ1v) is 23.5. The van der Waals surface area contributed by atoms with Crippen LogP contribution in [0.5, 0.6) is 0 Å². The first-order chi connectivity index (χ1) is 33.7. The topological polar surface area (TPSA) is 9.72 Å². The lowest BCUT2D eigenvalue weighted by Gasteiger charge is -2.46. The van der Waals surface area contributed by atoms with Gasteiger partial charge in [0.15, 0.2) is 0 Å². The van der Waals surface area contributed by atoms with Gasteiger partial charge in [0.05, 0.1) is 5.69 Å². The van der Waals surface area contributed by atoms with Gasteiger partial charge in [-0.05, 0) is 134 Å². The van der Waals surface area contributed by atoms with Crippen molar-refractivity contribution in [1.29, 1.82) is 0 Å². The van der Waals surface area contributed by atoms with Crippen molar-refractivity contribution in [3.8, 4) is 44.5 Å². The Hall–Kier alpha value is -8.86. The van der Waals surface area contributed by atoms with E-state index < -0.39 is 0 Å². The van der Waals surface area contributed by atoms with Crippen LogP contribution in [0.25, 0.3) is 55.3 Å². The normalized spacial score (nSPS) is 12.3. The summed E-state index contributed by atoms with van der Waals surface area (Å²) >= 11 is 0. The van der Waals surface area contributed by atoms with E-state index >= 15 is 0 Å². The highest BCUT2D eigenvalue weighted by Crippen LogP contribution is 2.51. The molecule has 4 heteroatoms. The zero-order valence-corrected chi connectivity index (χ0v) is 37.3. The second kappa shape index (κ2) is 16.5. The Morgan fingerprint density at radius 2 is 0.794 bits per heavy atom. The first kappa shape index (κ1) is 39.5. The molecular weight excluding hydrogens is 822 g/mol. The molecule has 2 aliphatic rings. The number of anilines is 8. The van der Waals surface area contributed by atoms with Crippen LogP contribution in [0.15, 0.2) is 267 Å². The highest BCUT2D eigenvalue weighted by atomic mass is 15.2. The van der Waals surface area contributed by atoms with E-state index in [1.54, 1.807) is 0 Å². The summed E-state index contributed by atoms with van der Waals surface area (Å²) < 4.78 is 0. The van der Waals surface area contributed by atoms with Crippen molar-refractivity contribution in [2.45, 2.75) is 0 Å². The highest BCUT2D eigenvalue weighted by molar-refractivity contribution is 6.94. The van der Waals surface area contributed by atoms with Crippen LogP contribution in [0.1, 0.15) is 0 Å². The summed E-state index contributed by atoms with van der Waals surface area (Å²) in [7, 11) is 0. The van der Waals surface area contributed by atoms with Gasteiger partial charge in [0.1, 0.15) is 0 Å². The molecule has 0 saturated carbocycles. The van der Waals surface area contributed by atoms with Crippen molar-refractivity contribution < 1.29 is 0 Å². The molecule has 2 heterocycles. The van der Waals surface area contributed by atoms with E-state index in [1.165, 1.54) is 77.6 Å². The zero-order chi connectivity index (χ0) is 45.0. The average Bonchev–Trinajstić information content (AvgIpc) is 3.42. The Morgan fingerprint density at radius 1 is 0.324 bits per heavy atom. The monoisotopic (exact) mass is 865 g/mol. The third-order valence-corrected chi connectivity index (χ3v) is 13.8. The van der Waals surface area contributed by atoms with Crippen molar-refractivity contribution in [2.24, 2.45) is 0 Å². The van der Waals surface area contributed by atoms with E-state index in [1.807, 2.05) is 0 Å². The fraction of sp³-hybridized carbons (Fsp3) is 0. The minimum atomic E-state index is -0.164. The molecule has 0 amide bonds. The van der Waals surface area contributed by atoms with Gasteiger partial charge in [0, 0.05) is 50.8 Å². The van der Waals surface area contributed by atoms with Gasteiger partial charge >= 0.3 is 6.85 Å². The molecule has 0 aromatic heterocycles. The molecule has 13 rings (SSSR count). The molecule has 11 aromatic carbocycles. The van der Waals surface area contributed by atoms with Crippen molar-refractivity contribution in [1.82, 2.24) is 0 Å². The number of rotatable bonds is 8. The molecule has 0 unspecified atom stereocenters. The molecule has 0 fully saturated rings. The Kier molecular flexibility index (Phi) is 9.61. The Bertz CT molecular complexity index is 3560. The number of benzene rings is 11. The molecule has 0 spiro atoms. The maximum absolute atomic E-state index is 2.62. The molecular formula is C64H44BN3. The quantitative estimate of drug-likeness (QED) is 0.141. The summed E-state index contributed by atoms with van der Waals surface area (Å²) in [5.74, 6) is 0. The summed E-state index contributed by atoms with van der Waals surface area (Å²) in [6.07, 6.45) is 0. The number of hydrogen-bond donors (Lipinski definition) is 0. The molecule has 3 nitrogen and oxygen atoms in total. The first-order valence-electron chi connectivity index (χ1n) is 23.5. The maximum Gasteiger partial charge on any atom is 0.333 e. The van der Waals surface area contributed by atoms with Gasteiger partial charge in [-0.3, -0.25) is 0 Å². The molecule has 0 saturated heterocycles. The Labute approximate surface area is 398 Å². The van der Waals surface area contributed by atoms with Gasteiger partial charge in [-0.2, -0.15) is 0 Å². The molecule has 11 aromatic rings. The van der Waals surface area contributed by atoms with E-state index in [-0.39, 0.29) is 6.85 Å². The molecule has 0 N–H and O–H groups in total. The van der Waals surface area contributed by atoms with Crippen molar-refractivity contribution in [2.75, 3.05) is 14.6 Å². The summed E-state index contributed by atoms with van der Waals surface area (Å²) in [5, 5.41) is 2.42. The third-order valence-electron chi connectivity index (χ3n) is 13.8. The van der Waals surface area contributed by atoms with Crippen molar-refractivity contribution in [3.63, 3.8) is 0 Å². The van der Waals surface area contributed by atoms with Gasteiger partial charge < -0.3 is 14.6 Å². The Balaban J connectivity index is 1.11. The molecule has 318 valence electrons. The third kappa shape index (κ3) is 6.69. The Morgan fingerprint density at radius 3 is 1.38 bits per heavy atom. The smallest absolute Gasteiger partial charge is 0.333 e. The summed E-state index contributed by atoms with van der Waals surface area (Å²) in [5.41, 5.74) is 21.2. The predicted molar refractivity (Wildman–Crippen MR) is 289 cm³/mol. The van der Waals surface area contributed by atoms with Gasteiger partial charge in [-0.25, -0.2) is 0 Å². The average molecular weight is 866 g/mol. The molecule has 0 bridgehead atoms. The van der Waals surface area contributed by atoms with Gasteiger partial charge in [-0.15, -0.1) is 0 Å². The van der Waals surface area contributed by atoms with Crippen molar-refractivity contribution >= 4 is 74.0 Å². The second-order valence-electron chi connectivity index (χ2n) is 17.7. The number of fused-ring (bicyclic) bond motifs is 6. The van der Waals surface area contributed by atoms with Crippen LogP contribution < -0.4 is 25.5 Å². The molecule has 0 atom stereocenters. The SMILES string of the molecule is c1ccc(-c2ccc(N3B4c5cc(-c6ccccc6)ccc5N(c5ccc(-c6ccccc6)cc5)c5c4c(cc4ccccc54)-c4cc(N(c5ccccc5)c5ccccc5)ccc43)cc2)cc1.